The molecule has 0 saturated heterocycles. The smallest absolute Gasteiger partial charge is 0.462 e. The van der Waals surface area contributed by atoms with Gasteiger partial charge in [0.2, 0.25) is 0 Å². The number of allylic oxidation sites excluding steroid dienone is 30. The topological polar surface area (TPSA) is 237 Å². The SMILES string of the molecule is CCC=CCC=CCC=CCC=CCC=CCC=CCCC(=O)OC[C@H](COP(=O)(O)OCC(O)COP(=O)(O)OC[C@@H](COC(=O)CCCCCCCC=CCC=CCC=CCC)OC(=O)CCCCCCCC=CCC=CCCCCC)OC(=O)CCCCCCC=CCC=CCC=CCC=CCC. The molecule has 0 amide bonds. The summed E-state index contributed by atoms with van der Waals surface area (Å²) in [5.74, 6) is -2.35. The van der Waals surface area contributed by atoms with Gasteiger partial charge in [-0.05, 0) is 167 Å². The van der Waals surface area contributed by atoms with E-state index in [9.17, 15) is 43.2 Å². The predicted molar refractivity (Wildman–Crippen MR) is 436 cm³/mol. The number of hydrogen-bond donors (Lipinski definition) is 3. The zero-order chi connectivity index (χ0) is 77.4. The third-order valence-electron chi connectivity index (χ3n) is 15.9. The number of hydrogen-bond acceptors (Lipinski definition) is 15. The molecule has 5 atom stereocenters. The van der Waals surface area contributed by atoms with Crippen molar-refractivity contribution in [2.45, 2.75) is 303 Å². The molecule has 0 fully saturated rings. The van der Waals surface area contributed by atoms with Crippen molar-refractivity contribution in [2.24, 2.45) is 0 Å². The first-order valence-corrected chi connectivity index (χ1v) is 43.0. The summed E-state index contributed by atoms with van der Waals surface area (Å²) < 4.78 is 68.5. The van der Waals surface area contributed by atoms with Crippen LogP contribution in [0.15, 0.2) is 182 Å². The molecule has 0 aliphatic carbocycles. The van der Waals surface area contributed by atoms with Crippen LogP contribution in [-0.4, -0.2) is 96.7 Å². The Morgan fingerprint density at radius 2 is 0.509 bits per heavy atom. The van der Waals surface area contributed by atoms with Gasteiger partial charge in [0.25, 0.3) is 0 Å². The molecular formula is C87H140O17P2. The van der Waals surface area contributed by atoms with Gasteiger partial charge in [-0.15, -0.1) is 0 Å². The number of unbranched alkanes of at least 4 members (excludes halogenated alkanes) is 17. The summed E-state index contributed by atoms with van der Waals surface area (Å²) in [6.07, 6.45) is 93.1. The number of rotatable bonds is 73. The van der Waals surface area contributed by atoms with Crippen molar-refractivity contribution in [3.8, 4) is 0 Å². The fraction of sp³-hybridized carbons (Fsp3) is 0.609. The number of carbonyl (C=O) groups excluding carboxylic acids is 4. The van der Waals surface area contributed by atoms with Crippen molar-refractivity contribution in [1.82, 2.24) is 0 Å². The highest BCUT2D eigenvalue weighted by atomic mass is 31.2. The summed E-state index contributed by atoms with van der Waals surface area (Å²) in [5.41, 5.74) is 0. The molecule has 0 aliphatic heterocycles. The number of carbonyl (C=O) groups is 4. The van der Waals surface area contributed by atoms with E-state index in [0.29, 0.717) is 32.1 Å². The van der Waals surface area contributed by atoms with Crippen LogP contribution in [0.4, 0.5) is 0 Å². The van der Waals surface area contributed by atoms with E-state index in [-0.39, 0.29) is 25.7 Å². The van der Waals surface area contributed by atoms with Gasteiger partial charge in [-0.25, -0.2) is 9.13 Å². The van der Waals surface area contributed by atoms with Crippen LogP contribution in [0.5, 0.6) is 0 Å². The predicted octanol–water partition coefficient (Wildman–Crippen LogP) is 23.6. The molecule has 0 heterocycles. The van der Waals surface area contributed by atoms with Crippen molar-refractivity contribution >= 4 is 39.5 Å². The van der Waals surface area contributed by atoms with Gasteiger partial charge in [0.05, 0.1) is 26.4 Å². The van der Waals surface area contributed by atoms with E-state index in [0.717, 1.165) is 180 Å². The Hall–Kier alpha value is -5.84. The van der Waals surface area contributed by atoms with E-state index in [2.05, 4.69) is 192 Å². The van der Waals surface area contributed by atoms with Crippen molar-refractivity contribution < 1.29 is 80.2 Å². The van der Waals surface area contributed by atoms with Gasteiger partial charge < -0.3 is 33.8 Å². The summed E-state index contributed by atoms with van der Waals surface area (Å²) in [4.78, 5) is 73.0. The number of ether oxygens (including phenoxy) is 4. The Morgan fingerprint density at radius 1 is 0.274 bits per heavy atom. The first-order valence-electron chi connectivity index (χ1n) is 40.0. The maximum Gasteiger partial charge on any atom is 0.472 e. The molecule has 0 aromatic carbocycles. The lowest BCUT2D eigenvalue weighted by molar-refractivity contribution is -0.161. The van der Waals surface area contributed by atoms with Crippen molar-refractivity contribution in [3.63, 3.8) is 0 Å². The lowest BCUT2D eigenvalue weighted by Gasteiger charge is -2.21. The number of phosphoric ester groups is 2. The van der Waals surface area contributed by atoms with Gasteiger partial charge >= 0.3 is 39.5 Å². The molecule has 0 saturated carbocycles. The maximum atomic E-state index is 13.1. The first kappa shape index (κ1) is 100. The Bertz CT molecular complexity index is 2730. The van der Waals surface area contributed by atoms with Crippen LogP contribution in [0.2, 0.25) is 0 Å². The monoisotopic (exact) mass is 1520 g/mol. The second-order valence-corrected chi connectivity index (χ2v) is 28.8. The van der Waals surface area contributed by atoms with Gasteiger partial charge in [0.1, 0.15) is 19.3 Å². The normalized spacial score (nSPS) is 14.8. The average molecular weight is 1520 g/mol. The van der Waals surface area contributed by atoms with Gasteiger partial charge in [0.15, 0.2) is 12.2 Å². The van der Waals surface area contributed by atoms with Gasteiger partial charge in [-0.3, -0.25) is 37.3 Å². The number of aliphatic hydroxyl groups excluding tert-OH is 1. The minimum Gasteiger partial charge on any atom is -0.462 e. The minimum absolute atomic E-state index is 0.0230. The molecule has 0 bridgehead atoms. The highest BCUT2D eigenvalue weighted by Gasteiger charge is 2.30. The van der Waals surface area contributed by atoms with E-state index >= 15 is 0 Å². The van der Waals surface area contributed by atoms with E-state index in [1.807, 2.05) is 18.2 Å². The molecule has 0 rings (SSSR count). The fourth-order valence-electron chi connectivity index (χ4n) is 9.87. The molecule has 0 aromatic heterocycles. The number of phosphoric acid groups is 2. The Balaban J connectivity index is 5.51. The Kier molecular flexibility index (Phi) is 73.1. The quantitative estimate of drug-likeness (QED) is 0.0169. The van der Waals surface area contributed by atoms with Gasteiger partial charge in [0, 0.05) is 25.7 Å². The summed E-state index contributed by atoms with van der Waals surface area (Å²) in [7, 11) is -10.0. The maximum absolute atomic E-state index is 13.1. The molecule has 106 heavy (non-hydrogen) atoms. The molecular weight excluding hydrogens is 1380 g/mol. The average Bonchev–Trinajstić information content (AvgIpc) is 0.902. The second kappa shape index (κ2) is 77.3. The van der Waals surface area contributed by atoms with Crippen molar-refractivity contribution in [1.29, 1.82) is 0 Å². The molecule has 3 unspecified atom stereocenters. The van der Waals surface area contributed by atoms with Crippen molar-refractivity contribution in [3.05, 3.63) is 182 Å². The third kappa shape index (κ3) is 76.4. The van der Waals surface area contributed by atoms with Crippen LogP contribution in [0.1, 0.15) is 285 Å². The van der Waals surface area contributed by atoms with Crippen LogP contribution in [0, 0.1) is 0 Å². The standard InChI is InChI=1S/C87H140O17P2/c1-5-9-13-17-21-25-29-33-37-39-40-42-45-48-52-56-60-64-68-72-85(90)98-78-83(104-87(92)74-70-66-62-58-54-50-46-41-38-34-30-26-22-18-14-10-6-2)80-102-106(95,96)100-76-81(88)75-99-105(93,94)101-79-82(103-86(91)73-69-65-61-57-53-49-44-36-32-28-24-20-16-12-8-4)77-97-84(89)71-67-63-59-55-51-47-43-35-31-27-23-19-15-11-7-3/h9-11,13-15,21-28,33-38,40,42-44,46,48,50,52,60,64,81-83,88H,5-8,12,16-20,29-32,39,41,45,47,49,51,53-59,61-63,65-80H2,1-4H3,(H,93,94)(H,95,96)/t81?,82-,83-/m1/s1. The summed E-state index contributed by atoms with van der Waals surface area (Å²) in [5, 5.41) is 10.6. The van der Waals surface area contributed by atoms with Gasteiger partial charge in [-0.2, -0.15) is 0 Å². The minimum atomic E-state index is -5.01. The Morgan fingerprint density at radius 3 is 0.811 bits per heavy atom. The first-order chi connectivity index (χ1) is 51.7. The molecule has 17 nitrogen and oxygen atoms in total. The van der Waals surface area contributed by atoms with E-state index in [4.69, 9.17) is 37.0 Å². The zero-order valence-corrected chi connectivity index (χ0v) is 67.3. The van der Waals surface area contributed by atoms with Crippen LogP contribution in [0.3, 0.4) is 0 Å². The summed E-state index contributed by atoms with van der Waals surface area (Å²) in [6, 6.07) is 0. The number of esters is 4. The van der Waals surface area contributed by atoms with E-state index in [1.54, 1.807) is 0 Å². The van der Waals surface area contributed by atoms with Crippen LogP contribution < -0.4 is 0 Å². The molecule has 0 aromatic rings. The summed E-state index contributed by atoms with van der Waals surface area (Å²) >= 11 is 0. The van der Waals surface area contributed by atoms with E-state index in [1.165, 1.54) is 19.3 Å². The molecule has 0 radical (unpaired) electrons. The molecule has 0 spiro atoms. The van der Waals surface area contributed by atoms with E-state index < -0.39 is 97.5 Å². The van der Waals surface area contributed by atoms with Crippen LogP contribution in [-0.2, 0) is 65.4 Å². The lowest BCUT2D eigenvalue weighted by Crippen LogP contribution is -2.30. The zero-order valence-electron chi connectivity index (χ0n) is 65.5. The Labute approximate surface area is 641 Å². The summed E-state index contributed by atoms with van der Waals surface area (Å²) in [6.45, 7) is 4.34. The highest BCUT2D eigenvalue weighted by molar-refractivity contribution is 7.47. The van der Waals surface area contributed by atoms with Gasteiger partial charge in [-0.1, -0.05) is 274 Å². The second-order valence-electron chi connectivity index (χ2n) is 25.9. The number of aliphatic hydroxyl groups is 1. The van der Waals surface area contributed by atoms with Crippen LogP contribution >= 0.6 is 15.6 Å². The largest absolute Gasteiger partial charge is 0.472 e. The molecule has 3 N–H and O–H groups in total. The van der Waals surface area contributed by atoms with Crippen LogP contribution in [0.25, 0.3) is 0 Å². The lowest BCUT2D eigenvalue weighted by atomic mass is 10.1. The molecule has 0 aliphatic rings. The third-order valence-corrected chi connectivity index (χ3v) is 17.8. The molecule has 19 heteroatoms. The highest BCUT2D eigenvalue weighted by Crippen LogP contribution is 2.45. The fourth-order valence-corrected chi connectivity index (χ4v) is 11.4. The van der Waals surface area contributed by atoms with Crippen molar-refractivity contribution in [2.75, 3.05) is 39.6 Å². The molecule has 600 valence electrons.